The minimum absolute atomic E-state index is 0.178. The molecule has 2 heterocycles. The van der Waals surface area contributed by atoms with Crippen molar-refractivity contribution in [3.8, 4) is 0 Å². The van der Waals surface area contributed by atoms with Crippen molar-refractivity contribution in [1.29, 1.82) is 0 Å². The molecule has 0 fully saturated rings. The van der Waals surface area contributed by atoms with Crippen LogP contribution >= 0.6 is 0 Å². The number of anilines is 1. The highest BCUT2D eigenvalue weighted by atomic mass is 16.6. The summed E-state index contributed by atoms with van der Waals surface area (Å²) in [7, 11) is 0. The summed E-state index contributed by atoms with van der Waals surface area (Å²) in [5, 5.41) is 11.5. The van der Waals surface area contributed by atoms with Gasteiger partial charge in [-0.2, -0.15) is 5.10 Å². The van der Waals surface area contributed by atoms with Gasteiger partial charge in [0.15, 0.2) is 0 Å². The van der Waals surface area contributed by atoms with Crippen LogP contribution in [-0.2, 0) is 16.2 Å². The highest BCUT2D eigenvalue weighted by Gasteiger charge is 2.30. The molecular weight excluding hydrogens is 304 g/mol. The number of nitrogens with one attached hydrogen (secondary N) is 1. The predicted octanol–water partition coefficient (Wildman–Crippen LogP) is 2.96. The first kappa shape index (κ1) is 16.2. The van der Waals surface area contributed by atoms with E-state index in [4.69, 9.17) is 4.84 Å². The van der Waals surface area contributed by atoms with Gasteiger partial charge >= 0.3 is 0 Å². The molecule has 24 heavy (non-hydrogen) atoms. The molecule has 1 aliphatic rings. The number of carbonyl (C=O) groups excluding carboxylic acids is 1. The van der Waals surface area contributed by atoms with Crippen molar-refractivity contribution in [2.45, 2.75) is 46.8 Å². The van der Waals surface area contributed by atoms with E-state index in [1.165, 1.54) is 0 Å². The quantitative estimate of drug-likeness (QED) is 0.939. The first-order valence-electron chi connectivity index (χ1n) is 8.13. The zero-order valence-electron chi connectivity index (χ0n) is 14.5. The Kier molecular flexibility index (Phi) is 4.38. The predicted molar refractivity (Wildman–Crippen MR) is 93.2 cm³/mol. The fourth-order valence-corrected chi connectivity index (χ4v) is 2.74. The number of benzene rings is 1. The van der Waals surface area contributed by atoms with Gasteiger partial charge in [-0.25, -0.2) is 0 Å². The number of oxime groups is 1. The van der Waals surface area contributed by atoms with Gasteiger partial charge in [-0.15, -0.1) is 0 Å². The Balaban J connectivity index is 1.69. The Labute approximate surface area is 141 Å². The molecule has 0 spiro atoms. The molecular formula is C18H22N4O2. The van der Waals surface area contributed by atoms with Crippen LogP contribution in [0.15, 0.2) is 29.6 Å². The lowest BCUT2D eigenvalue weighted by molar-refractivity contribution is -0.125. The number of carbonyl (C=O) groups is 1. The summed E-state index contributed by atoms with van der Waals surface area (Å²) in [5.74, 6) is -0.178. The summed E-state index contributed by atoms with van der Waals surface area (Å²) in [6.45, 7) is 8.78. The van der Waals surface area contributed by atoms with Crippen LogP contribution in [0, 0.1) is 20.8 Å². The molecule has 6 nitrogen and oxygen atoms in total. The Morgan fingerprint density at radius 3 is 2.88 bits per heavy atom. The van der Waals surface area contributed by atoms with Gasteiger partial charge in [-0.3, -0.25) is 9.48 Å². The zero-order chi connectivity index (χ0) is 17.3. The van der Waals surface area contributed by atoms with Gasteiger partial charge in [0.2, 0.25) is 6.10 Å². The van der Waals surface area contributed by atoms with Gasteiger partial charge in [0.05, 0.1) is 11.4 Å². The van der Waals surface area contributed by atoms with Crippen LogP contribution in [0.1, 0.15) is 35.7 Å². The molecule has 1 N–H and O–H groups in total. The number of nitrogens with zero attached hydrogens (tertiary/aromatic N) is 3. The van der Waals surface area contributed by atoms with Crippen molar-refractivity contribution < 1.29 is 9.63 Å². The monoisotopic (exact) mass is 326 g/mol. The number of hydrogen-bond donors (Lipinski definition) is 1. The third-order valence-electron chi connectivity index (χ3n) is 4.41. The fourth-order valence-electron chi connectivity index (χ4n) is 2.74. The second-order valence-electron chi connectivity index (χ2n) is 6.06. The zero-order valence-corrected chi connectivity index (χ0v) is 14.5. The van der Waals surface area contributed by atoms with Crippen molar-refractivity contribution in [2.24, 2.45) is 5.16 Å². The summed E-state index contributed by atoms with van der Waals surface area (Å²) in [6, 6.07) is 5.84. The summed E-state index contributed by atoms with van der Waals surface area (Å²) in [6.07, 6.45) is 1.79. The van der Waals surface area contributed by atoms with Gasteiger partial charge in [-0.1, -0.05) is 17.3 Å². The van der Waals surface area contributed by atoms with Crippen molar-refractivity contribution in [1.82, 2.24) is 9.78 Å². The van der Waals surface area contributed by atoms with Crippen molar-refractivity contribution in [2.75, 3.05) is 5.32 Å². The molecule has 3 rings (SSSR count). The minimum Gasteiger partial charge on any atom is -0.382 e. The molecule has 0 bridgehead atoms. The number of aromatic nitrogens is 2. The van der Waals surface area contributed by atoms with Crippen molar-refractivity contribution in [3.63, 3.8) is 0 Å². The third kappa shape index (κ3) is 3.04. The molecule has 1 amide bonds. The number of hydrogen-bond acceptors (Lipinski definition) is 4. The molecule has 0 saturated carbocycles. The highest BCUT2D eigenvalue weighted by molar-refractivity contribution is 6.06. The number of rotatable bonds is 4. The molecule has 0 saturated heterocycles. The smallest absolute Gasteiger partial charge is 0.268 e. The number of amides is 1. The molecule has 1 aromatic carbocycles. The maximum absolute atomic E-state index is 12.5. The Bertz CT molecular complexity index is 807. The molecule has 1 aromatic heterocycles. The van der Waals surface area contributed by atoms with E-state index in [9.17, 15) is 4.79 Å². The fraction of sp³-hybridized carbons (Fsp3) is 0.389. The molecule has 1 aliphatic heterocycles. The summed E-state index contributed by atoms with van der Waals surface area (Å²) in [5.41, 5.74) is 5.62. The summed E-state index contributed by atoms with van der Waals surface area (Å²) >= 11 is 0. The van der Waals surface area contributed by atoms with E-state index in [-0.39, 0.29) is 5.91 Å². The van der Waals surface area contributed by atoms with Gasteiger partial charge in [-0.05, 0) is 44.9 Å². The van der Waals surface area contributed by atoms with Gasteiger partial charge in [0.1, 0.15) is 0 Å². The standard InChI is InChI=1S/C18H22N4O2/c1-5-22-10-14(13(4)20-22)16-9-17(24-21-16)18(23)19-15-8-6-7-11(2)12(15)3/h6-8,10,17H,5,9H2,1-4H3,(H,19,23). The molecule has 0 aliphatic carbocycles. The van der Waals surface area contributed by atoms with Crippen LogP contribution in [0.4, 0.5) is 5.69 Å². The maximum Gasteiger partial charge on any atom is 0.268 e. The van der Waals surface area contributed by atoms with Crippen LogP contribution in [0.2, 0.25) is 0 Å². The Morgan fingerprint density at radius 2 is 2.17 bits per heavy atom. The maximum atomic E-state index is 12.5. The van der Waals surface area contributed by atoms with E-state index in [0.717, 1.165) is 40.3 Å². The summed E-state index contributed by atoms with van der Waals surface area (Å²) in [4.78, 5) is 17.8. The van der Waals surface area contributed by atoms with Crippen LogP contribution in [0.5, 0.6) is 0 Å². The molecule has 6 heteroatoms. The topological polar surface area (TPSA) is 68.5 Å². The minimum atomic E-state index is -0.607. The van der Waals surface area contributed by atoms with E-state index in [0.29, 0.717) is 6.42 Å². The van der Waals surface area contributed by atoms with E-state index >= 15 is 0 Å². The highest BCUT2D eigenvalue weighted by Crippen LogP contribution is 2.22. The average Bonchev–Trinajstić information content (AvgIpc) is 3.18. The molecule has 1 atom stereocenters. The summed E-state index contributed by atoms with van der Waals surface area (Å²) < 4.78 is 1.86. The molecule has 0 radical (unpaired) electrons. The third-order valence-corrected chi connectivity index (χ3v) is 4.41. The van der Waals surface area contributed by atoms with E-state index in [2.05, 4.69) is 15.6 Å². The van der Waals surface area contributed by atoms with Gasteiger partial charge in [0, 0.05) is 30.4 Å². The van der Waals surface area contributed by atoms with E-state index in [1.54, 1.807) is 0 Å². The second-order valence-corrected chi connectivity index (χ2v) is 6.06. The van der Waals surface area contributed by atoms with Crippen LogP contribution < -0.4 is 5.32 Å². The lowest BCUT2D eigenvalue weighted by Crippen LogP contribution is -2.28. The van der Waals surface area contributed by atoms with Crippen LogP contribution in [0.3, 0.4) is 0 Å². The largest absolute Gasteiger partial charge is 0.382 e. The van der Waals surface area contributed by atoms with Crippen LogP contribution in [0.25, 0.3) is 0 Å². The first-order chi connectivity index (χ1) is 11.5. The lowest BCUT2D eigenvalue weighted by atomic mass is 10.0. The van der Waals surface area contributed by atoms with Crippen LogP contribution in [-0.4, -0.2) is 27.5 Å². The van der Waals surface area contributed by atoms with E-state index < -0.39 is 6.10 Å². The normalized spacial score (nSPS) is 16.7. The first-order valence-corrected chi connectivity index (χ1v) is 8.13. The van der Waals surface area contributed by atoms with Crippen molar-refractivity contribution in [3.05, 3.63) is 46.8 Å². The molecule has 126 valence electrons. The second kappa shape index (κ2) is 6.47. The molecule has 1 unspecified atom stereocenters. The average molecular weight is 326 g/mol. The Hall–Kier alpha value is -2.63. The van der Waals surface area contributed by atoms with Gasteiger partial charge in [0.25, 0.3) is 5.91 Å². The van der Waals surface area contributed by atoms with Crippen molar-refractivity contribution >= 4 is 17.3 Å². The van der Waals surface area contributed by atoms with Gasteiger partial charge < -0.3 is 10.2 Å². The lowest BCUT2D eigenvalue weighted by Gasteiger charge is -2.12. The SMILES string of the molecule is CCn1cc(C2=NOC(C(=O)Nc3cccc(C)c3C)C2)c(C)n1. The Morgan fingerprint density at radius 1 is 1.38 bits per heavy atom. The molecule has 2 aromatic rings. The number of aryl methyl sites for hydroxylation is 3. The van der Waals surface area contributed by atoms with E-state index in [1.807, 2.05) is 56.8 Å².